The lowest BCUT2D eigenvalue weighted by atomic mass is 9.97. The molecule has 2 nitrogen and oxygen atoms in total. The summed E-state index contributed by atoms with van der Waals surface area (Å²) in [6.45, 7) is 1.98. The first kappa shape index (κ1) is 14.9. The molecule has 0 aliphatic heterocycles. The van der Waals surface area contributed by atoms with Crippen molar-refractivity contribution in [1.82, 2.24) is 4.98 Å². The van der Waals surface area contributed by atoms with Crippen LogP contribution in [0.5, 0.6) is 5.75 Å². The average Bonchev–Trinajstić information content (AvgIpc) is 2.49. The van der Waals surface area contributed by atoms with E-state index in [4.69, 9.17) is 23.2 Å². The zero-order chi connectivity index (χ0) is 15.7. The van der Waals surface area contributed by atoms with Crippen LogP contribution in [0.4, 0.5) is 0 Å². The fourth-order valence-corrected chi connectivity index (χ4v) is 2.63. The summed E-state index contributed by atoms with van der Waals surface area (Å²) in [6, 6.07) is 14.6. The molecule has 1 N–H and O–H groups in total. The van der Waals surface area contributed by atoms with E-state index in [2.05, 4.69) is 4.98 Å². The van der Waals surface area contributed by atoms with Gasteiger partial charge in [0.25, 0.3) is 0 Å². The second-order valence-corrected chi connectivity index (χ2v) is 5.95. The van der Waals surface area contributed by atoms with Crippen LogP contribution in [-0.4, -0.2) is 10.1 Å². The van der Waals surface area contributed by atoms with Gasteiger partial charge < -0.3 is 5.11 Å². The van der Waals surface area contributed by atoms with Crippen molar-refractivity contribution in [3.63, 3.8) is 0 Å². The first-order valence-corrected chi connectivity index (χ1v) is 7.51. The lowest BCUT2D eigenvalue weighted by molar-refractivity contribution is 0.477. The van der Waals surface area contributed by atoms with Crippen molar-refractivity contribution in [2.24, 2.45) is 0 Å². The molecule has 0 bridgehead atoms. The SMILES string of the molecule is Cc1cnc(-c2ccc(Cl)cc2O)c(-c2ccc(Cl)cc2)c1. The summed E-state index contributed by atoms with van der Waals surface area (Å²) in [5.41, 5.74) is 4.33. The third kappa shape index (κ3) is 2.94. The highest BCUT2D eigenvalue weighted by Gasteiger charge is 2.13. The van der Waals surface area contributed by atoms with Gasteiger partial charge in [-0.25, -0.2) is 0 Å². The number of aromatic hydroxyl groups is 1. The van der Waals surface area contributed by atoms with Gasteiger partial charge in [0.15, 0.2) is 0 Å². The lowest BCUT2D eigenvalue weighted by Gasteiger charge is -2.12. The number of aromatic nitrogens is 1. The van der Waals surface area contributed by atoms with Crippen LogP contribution in [0.25, 0.3) is 22.4 Å². The fraction of sp³-hybridized carbons (Fsp3) is 0.0556. The van der Waals surface area contributed by atoms with Crippen molar-refractivity contribution in [2.45, 2.75) is 6.92 Å². The quantitative estimate of drug-likeness (QED) is 0.650. The van der Waals surface area contributed by atoms with Crippen molar-refractivity contribution in [3.8, 4) is 28.1 Å². The minimum atomic E-state index is 0.110. The molecule has 0 amide bonds. The van der Waals surface area contributed by atoms with E-state index < -0.39 is 0 Å². The molecule has 22 heavy (non-hydrogen) atoms. The molecule has 3 aromatic rings. The molecular formula is C18H13Cl2NO. The molecule has 0 atom stereocenters. The number of phenolic OH excluding ortho intramolecular Hbond substituents is 1. The zero-order valence-corrected chi connectivity index (χ0v) is 13.4. The predicted molar refractivity (Wildman–Crippen MR) is 91.5 cm³/mol. The van der Waals surface area contributed by atoms with Crippen LogP contribution in [0.1, 0.15) is 5.56 Å². The maximum atomic E-state index is 10.2. The Balaban J connectivity index is 2.22. The highest BCUT2D eigenvalue weighted by atomic mass is 35.5. The smallest absolute Gasteiger partial charge is 0.126 e. The Morgan fingerprint density at radius 3 is 2.23 bits per heavy atom. The van der Waals surface area contributed by atoms with E-state index in [9.17, 15) is 5.11 Å². The number of rotatable bonds is 2. The maximum Gasteiger partial charge on any atom is 0.126 e. The van der Waals surface area contributed by atoms with E-state index in [0.29, 0.717) is 21.3 Å². The number of benzene rings is 2. The number of phenols is 1. The molecule has 0 spiro atoms. The van der Waals surface area contributed by atoms with Crippen molar-refractivity contribution >= 4 is 23.2 Å². The summed E-state index contributed by atoms with van der Waals surface area (Å²) >= 11 is 11.9. The van der Waals surface area contributed by atoms with E-state index in [1.54, 1.807) is 18.3 Å². The van der Waals surface area contributed by atoms with Gasteiger partial charge in [-0.3, -0.25) is 4.98 Å². The molecule has 0 unspecified atom stereocenters. The third-order valence-electron chi connectivity index (χ3n) is 3.39. The van der Waals surface area contributed by atoms with Gasteiger partial charge in [0, 0.05) is 27.4 Å². The molecule has 1 aromatic heterocycles. The predicted octanol–water partition coefficient (Wildman–Crippen LogP) is 5.74. The molecule has 0 radical (unpaired) electrons. The number of aryl methyl sites for hydroxylation is 1. The van der Waals surface area contributed by atoms with Crippen molar-refractivity contribution in [3.05, 3.63) is 70.3 Å². The Morgan fingerprint density at radius 1 is 0.864 bits per heavy atom. The number of nitrogens with zero attached hydrogens (tertiary/aromatic N) is 1. The van der Waals surface area contributed by atoms with Crippen LogP contribution in [0.15, 0.2) is 54.7 Å². The molecule has 110 valence electrons. The van der Waals surface area contributed by atoms with E-state index in [1.165, 1.54) is 6.07 Å². The molecule has 0 fully saturated rings. The summed E-state index contributed by atoms with van der Waals surface area (Å²) in [7, 11) is 0. The second kappa shape index (κ2) is 5.99. The van der Waals surface area contributed by atoms with Crippen LogP contribution >= 0.6 is 23.2 Å². The standard InChI is InChI=1S/C18H13Cl2NO/c1-11-8-16(12-2-4-13(19)5-3-12)18(21-10-11)15-7-6-14(20)9-17(15)22/h2-10,22H,1H3. The summed E-state index contributed by atoms with van der Waals surface area (Å²) in [5.74, 6) is 0.110. The molecule has 4 heteroatoms. The van der Waals surface area contributed by atoms with Crippen molar-refractivity contribution in [1.29, 1.82) is 0 Å². The number of hydrogen-bond donors (Lipinski definition) is 1. The molecule has 0 aliphatic rings. The Bertz CT molecular complexity index is 829. The van der Waals surface area contributed by atoms with E-state index in [1.807, 2.05) is 37.3 Å². The normalized spacial score (nSPS) is 10.7. The minimum absolute atomic E-state index is 0.110. The summed E-state index contributed by atoms with van der Waals surface area (Å²) in [4.78, 5) is 4.50. The minimum Gasteiger partial charge on any atom is -0.507 e. The Hall–Kier alpha value is -2.03. The number of pyridine rings is 1. The van der Waals surface area contributed by atoms with Gasteiger partial charge in [0.2, 0.25) is 0 Å². The van der Waals surface area contributed by atoms with Crippen LogP contribution < -0.4 is 0 Å². The van der Waals surface area contributed by atoms with Crippen molar-refractivity contribution < 1.29 is 5.11 Å². The molecule has 2 aromatic carbocycles. The van der Waals surface area contributed by atoms with Gasteiger partial charge in [-0.15, -0.1) is 0 Å². The topological polar surface area (TPSA) is 33.1 Å². The van der Waals surface area contributed by atoms with Gasteiger partial charge in [0.05, 0.1) is 5.69 Å². The van der Waals surface area contributed by atoms with Gasteiger partial charge in [-0.05, 0) is 54.4 Å². The molecule has 0 aliphatic carbocycles. The Morgan fingerprint density at radius 2 is 1.55 bits per heavy atom. The molecule has 0 saturated heterocycles. The van der Waals surface area contributed by atoms with Gasteiger partial charge >= 0.3 is 0 Å². The molecule has 0 saturated carbocycles. The highest BCUT2D eigenvalue weighted by molar-refractivity contribution is 6.31. The Labute approximate surface area is 139 Å². The lowest BCUT2D eigenvalue weighted by Crippen LogP contribution is -1.91. The monoisotopic (exact) mass is 329 g/mol. The Kier molecular flexibility index (Phi) is 4.06. The van der Waals surface area contributed by atoms with E-state index in [-0.39, 0.29) is 5.75 Å². The maximum absolute atomic E-state index is 10.2. The first-order chi connectivity index (χ1) is 10.5. The number of hydrogen-bond acceptors (Lipinski definition) is 2. The summed E-state index contributed by atoms with van der Waals surface area (Å²) in [6.07, 6.45) is 1.78. The zero-order valence-electron chi connectivity index (χ0n) is 11.8. The second-order valence-electron chi connectivity index (χ2n) is 5.08. The van der Waals surface area contributed by atoms with Crippen LogP contribution in [0, 0.1) is 6.92 Å². The van der Waals surface area contributed by atoms with Crippen LogP contribution in [0.2, 0.25) is 10.0 Å². The van der Waals surface area contributed by atoms with E-state index >= 15 is 0 Å². The van der Waals surface area contributed by atoms with E-state index in [0.717, 1.165) is 16.7 Å². The molecular weight excluding hydrogens is 317 g/mol. The molecule has 1 heterocycles. The summed E-state index contributed by atoms with van der Waals surface area (Å²) < 4.78 is 0. The fourth-order valence-electron chi connectivity index (χ4n) is 2.34. The largest absolute Gasteiger partial charge is 0.507 e. The van der Waals surface area contributed by atoms with Crippen LogP contribution in [0.3, 0.4) is 0 Å². The van der Waals surface area contributed by atoms with Crippen molar-refractivity contribution in [2.75, 3.05) is 0 Å². The van der Waals surface area contributed by atoms with Gasteiger partial charge in [0.1, 0.15) is 5.75 Å². The van der Waals surface area contributed by atoms with Gasteiger partial charge in [-0.1, -0.05) is 35.3 Å². The third-order valence-corrected chi connectivity index (χ3v) is 3.88. The number of halogens is 2. The molecule has 3 rings (SSSR count). The average molecular weight is 330 g/mol. The first-order valence-electron chi connectivity index (χ1n) is 6.76. The van der Waals surface area contributed by atoms with Gasteiger partial charge in [-0.2, -0.15) is 0 Å². The summed E-state index contributed by atoms with van der Waals surface area (Å²) in [5, 5.41) is 11.4. The highest BCUT2D eigenvalue weighted by Crippen LogP contribution is 2.37. The van der Waals surface area contributed by atoms with Crippen LogP contribution in [-0.2, 0) is 0 Å².